The molecular formula is C14H11ClN2OS2. The van der Waals surface area contributed by atoms with Crippen LogP contribution in [0.4, 0.5) is 0 Å². The van der Waals surface area contributed by atoms with Crippen molar-refractivity contribution in [2.24, 2.45) is 0 Å². The summed E-state index contributed by atoms with van der Waals surface area (Å²) < 4.78 is 6.45. The zero-order chi connectivity index (χ0) is 13.9. The van der Waals surface area contributed by atoms with Crippen LogP contribution in [0.5, 0.6) is 0 Å². The largest absolute Gasteiger partial charge is 0.411 e. The monoisotopic (exact) mass is 322 g/mol. The third kappa shape index (κ3) is 3.23. The molecule has 0 aliphatic rings. The van der Waals surface area contributed by atoms with E-state index >= 15 is 0 Å². The maximum Gasteiger partial charge on any atom is 0.277 e. The normalized spacial score (nSPS) is 10.9. The molecule has 6 heteroatoms. The Balaban J connectivity index is 1.69. The Labute approximate surface area is 130 Å². The zero-order valence-corrected chi connectivity index (χ0v) is 13.1. The predicted octanol–water partition coefficient (Wildman–Crippen LogP) is 5.05. The number of hydrogen-bond acceptors (Lipinski definition) is 5. The molecule has 102 valence electrons. The zero-order valence-electron chi connectivity index (χ0n) is 10.7. The molecule has 0 radical (unpaired) electrons. The minimum atomic E-state index is 0.553. The summed E-state index contributed by atoms with van der Waals surface area (Å²) >= 11 is 8.98. The van der Waals surface area contributed by atoms with Crippen molar-refractivity contribution in [1.82, 2.24) is 10.2 Å². The third-order valence-electron chi connectivity index (χ3n) is 2.67. The van der Waals surface area contributed by atoms with Gasteiger partial charge in [-0.2, -0.15) is 0 Å². The number of rotatable bonds is 4. The molecular weight excluding hydrogens is 312 g/mol. The van der Waals surface area contributed by atoms with Crippen molar-refractivity contribution in [3.8, 4) is 11.5 Å². The van der Waals surface area contributed by atoms with E-state index < -0.39 is 0 Å². The van der Waals surface area contributed by atoms with E-state index in [9.17, 15) is 0 Å². The van der Waals surface area contributed by atoms with E-state index in [4.69, 9.17) is 16.0 Å². The van der Waals surface area contributed by atoms with Crippen LogP contribution in [0.3, 0.4) is 0 Å². The molecule has 3 nitrogen and oxygen atoms in total. The summed E-state index contributed by atoms with van der Waals surface area (Å²) in [7, 11) is 0. The van der Waals surface area contributed by atoms with E-state index in [0.717, 1.165) is 15.7 Å². The van der Waals surface area contributed by atoms with Gasteiger partial charge in [-0.25, -0.2) is 0 Å². The number of thioether (sulfide) groups is 1. The SMILES string of the molecule is Cc1ccc(-c2nnc(SCc3ccc(Cl)s3)o2)cc1. The molecule has 0 amide bonds. The molecule has 0 saturated heterocycles. The van der Waals surface area contributed by atoms with E-state index in [2.05, 4.69) is 10.2 Å². The summed E-state index contributed by atoms with van der Waals surface area (Å²) in [6.07, 6.45) is 0. The van der Waals surface area contributed by atoms with Crippen LogP contribution in [0.25, 0.3) is 11.5 Å². The quantitative estimate of drug-likeness (QED) is 0.630. The number of thiophene rings is 1. The number of hydrogen-bond donors (Lipinski definition) is 0. The van der Waals surface area contributed by atoms with Gasteiger partial charge in [0.05, 0.1) is 4.34 Å². The second-order valence-corrected chi connectivity index (χ2v) is 6.96. The highest BCUT2D eigenvalue weighted by atomic mass is 35.5. The number of benzene rings is 1. The van der Waals surface area contributed by atoms with E-state index in [1.165, 1.54) is 22.2 Å². The Hall–Kier alpha value is -1.30. The van der Waals surface area contributed by atoms with Crippen LogP contribution in [-0.2, 0) is 5.75 Å². The van der Waals surface area contributed by atoms with Gasteiger partial charge in [-0.15, -0.1) is 21.5 Å². The highest BCUT2D eigenvalue weighted by Crippen LogP contribution is 2.29. The van der Waals surface area contributed by atoms with E-state index in [0.29, 0.717) is 11.1 Å². The van der Waals surface area contributed by atoms with Gasteiger partial charge in [-0.05, 0) is 31.2 Å². The van der Waals surface area contributed by atoms with Crippen LogP contribution >= 0.6 is 34.7 Å². The lowest BCUT2D eigenvalue weighted by molar-refractivity contribution is 0.466. The Kier molecular flexibility index (Phi) is 4.10. The Morgan fingerprint density at radius 3 is 2.65 bits per heavy atom. The first kappa shape index (κ1) is 13.7. The highest BCUT2D eigenvalue weighted by Gasteiger charge is 2.09. The molecule has 3 rings (SSSR count). The molecule has 0 unspecified atom stereocenters. The summed E-state index contributed by atoms with van der Waals surface area (Å²) in [5.74, 6) is 1.34. The molecule has 0 aliphatic carbocycles. The lowest BCUT2D eigenvalue weighted by atomic mass is 10.1. The number of aromatic nitrogens is 2. The molecule has 0 saturated carbocycles. The lowest BCUT2D eigenvalue weighted by Gasteiger charge is -1.95. The van der Waals surface area contributed by atoms with Crippen LogP contribution < -0.4 is 0 Å². The number of nitrogens with zero attached hydrogens (tertiary/aromatic N) is 2. The van der Waals surface area contributed by atoms with Gasteiger partial charge in [-0.3, -0.25) is 0 Å². The Morgan fingerprint density at radius 2 is 1.95 bits per heavy atom. The van der Waals surface area contributed by atoms with Crippen LogP contribution in [0.1, 0.15) is 10.4 Å². The molecule has 0 bridgehead atoms. The molecule has 20 heavy (non-hydrogen) atoms. The van der Waals surface area contributed by atoms with Crippen molar-refractivity contribution in [2.45, 2.75) is 17.9 Å². The van der Waals surface area contributed by atoms with Crippen molar-refractivity contribution in [1.29, 1.82) is 0 Å². The first-order valence-corrected chi connectivity index (χ1v) is 8.16. The fourth-order valence-corrected chi connectivity index (χ4v) is 3.54. The minimum absolute atomic E-state index is 0.553. The molecule has 0 fully saturated rings. The molecule has 3 aromatic rings. The first-order valence-electron chi connectivity index (χ1n) is 5.98. The lowest BCUT2D eigenvalue weighted by Crippen LogP contribution is -1.78. The van der Waals surface area contributed by atoms with Crippen molar-refractivity contribution in [3.05, 3.63) is 51.2 Å². The minimum Gasteiger partial charge on any atom is -0.411 e. The smallest absolute Gasteiger partial charge is 0.277 e. The molecule has 2 aromatic heterocycles. The van der Waals surface area contributed by atoms with Crippen molar-refractivity contribution >= 4 is 34.7 Å². The maximum absolute atomic E-state index is 5.90. The molecule has 0 spiro atoms. The number of halogens is 1. The fourth-order valence-electron chi connectivity index (χ4n) is 1.64. The standard InChI is InChI=1S/C14H11ClN2OS2/c1-9-2-4-10(5-3-9)13-16-17-14(18-13)19-8-11-6-7-12(15)20-11/h2-7H,8H2,1H3. The van der Waals surface area contributed by atoms with Gasteiger partial charge in [-0.1, -0.05) is 41.1 Å². The number of aryl methyl sites for hydroxylation is 1. The van der Waals surface area contributed by atoms with Crippen molar-refractivity contribution in [3.63, 3.8) is 0 Å². The summed E-state index contributed by atoms with van der Waals surface area (Å²) in [4.78, 5) is 1.19. The second kappa shape index (κ2) is 5.99. The fraction of sp³-hybridized carbons (Fsp3) is 0.143. The van der Waals surface area contributed by atoms with Crippen molar-refractivity contribution in [2.75, 3.05) is 0 Å². The van der Waals surface area contributed by atoms with Gasteiger partial charge >= 0.3 is 0 Å². The van der Waals surface area contributed by atoms with Crippen LogP contribution in [-0.4, -0.2) is 10.2 Å². The molecule has 0 N–H and O–H groups in total. The highest BCUT2D eigenvalue weighted by molar-refractivity contribution is 7.98. The van der Waals surface area contributed by atoms with Gasteiger partial charge in [0.15, 0.2) is 0 Å². The van der Waals surface area contributed by atoms with Gasteiger partial charge in [0.2, 0.25) is 5.89 Å². The molecule has 1 aromatic carbocycles. The third-order valence-corrected chi connectivity index (χ3v) is 4.95. The maximum atomic E-state index is 5.90. The first-order chi connectivity index (χ1) is 9.70. The van der Waals surface area contributed by atoms with E-state index in [1.54, 1.807) is 11.3 Å². The second-order valence-electron chi connectivity index (χ2n) is 4.23. The summed E-state index contributed by atoms with van der Waals surface area (Å²) in [5, 5.41) is 8.70. The Bertz CT molecular complexity index is 706. The van der Waals surface area contributed by atoms with E-state index in [1.807, 2.05) is 43.3 Å². The average Bonchev–Trinajstić information content (AvgIpc) is 3.06. The summed E-state index contributed by atoms with van der Waals surface area (Å²) in [6.45, 7) is 2.05. The summed E-state index contributed by atoms with van der Waals surface area (Å²) in [5.41, 5.74) is 2.14. The van der Waals surface area contributed by atoms with Crippen LogP contribution in [0, 0.1) is 6.92 Å². The van der Waals surface area contributed by atoms with Crippen LogP contribution in [0.2, 0.25) is 4.34 Å². The summed E-state index contributed by atoms with van der Waals surface area (Å²) in [6, 6.07) is 11.9. The van der Waals surface area contributed by atoms with Gasteiger partial charge in [0, 0.05) is 16.2 Å². The molecule has 0 atom stereocenters. The topological polar surface area (TPSA) is 38.9 Å². The predicted molar refractivity (Wildman–Crippen MR) is 83.4 cm³/mol. The van der Waals surface area contributed by atoms with Gasteiger partial charge in [0.25, 0.3) is 5.22 Å². The molecule has 0 aliphatic heterocycles. The van der Waals surface area contributed by atoms with Crippen molar-refractivity contribution < 1.29 is 4.42 Å². The van der Waals surface area contributed by atoms with E-state index in [-0.39, 0.29) is 0 Å². The van der Waals surface area contributed by atoms with Gasteiger partial charge < -0.3 is 4.42 Å². The van der Waals surface area contributed by atoms with Gasteiger partial charge in [0.1, 0.15) is 0 Å². The average molecular weight is 323 g/mol. The molecule has 2 heterocycles. The van der Waals surface area contributed by atoms with Crippen LogP contribution in [0.15, 0.2) is 46.0 Å². The Morgan fingerprint density at radius 1 is 1.15 bits per heavy atom.